The van der Waals surface area contributed by atoms with Crippen molar-refractivity contribution in [1.82, 2.24) is 9.66 Å². The van der Waals surface area contributed by atoms with E-state index in [1.165, 1.54) is 10.7 Å². The topological polar surface area (TPSA) is 65.7 Å². The average molecular weight is 678 g/mol. The van der Waals surface area contributed by atoms with Crippen molar-refractivity contribution in [3.63, 3.8) is 0 Å². The molecule has 0 saturated heterocycles. The predicted molar refractivity (Wildman–Crippen MR) is 156 cm³/mol. The quantitative estimate of drug-likeness (QED) is 0.133. The van der Waals surface area contributed by atoms with Crippen molar-refractivity contribution < 1.29 is 13.9 Å². The van der Waals surface area contributed by atoms with E-state index in [0.717, 1.165) is 26.4 Å². The van der Waals surface area contributed by atoms with Gasteiger partial charge in [-0.15, -0.1) is 0 Å². The van der Waals surface area contributed by atoms with Crippen LogP contribution < -0.4 is 15.0 Å². The summed E-state index contributed by atoms with van der Waals surface area (Å²) in [6.45, 7) is 4.48. The number of nitrogens with zero attached hydrogens (tertiary/aromatic N) is 3. The van der Waals surface area contributed by atoms with Crippen LogP contribution in [0.3, 0.4) is 0 Å². The van der Waals surface area contributed by atoms with Gasteiger partial charge in [-0.3, -0.25) is 4.79 Å². The Morgan fingerprint density at radius 2 is 1.95 bits per heavy atom. The monoisotopic (exact) mass is 677 g/mol. The molecule has 0 saturated carbocycles. The number of fused-ring (bicyclic) bond motifs is 1. The molecule has 192 valence electrons. The molecule has 9 heteroatoms. The largest absolute Gasteiger partial charge is 0.490 e. The SMILES string of the molecule is CCCCc1nc2ccc(Br)cc2c(=O)n1N=Cc1cc(I)c(OCc2ccccc2F)c(OCC)c1. The molecule has 4 rings (SSSR count). The Bertz CT molecular complexity index is 1510. The summed E-state index contributed by atoms with van der Waals surface area (Å²) in [4.78, 5) is 18.1. The molecule has 0 spiro atoms. The molecule has 0 amide bonds. The summed E-state index contributed by atoms with van der Waals surface area (Å²) in [5.41, 5.74) is 1.61. The predicted octanol–water partition coefficient (Wildman–Crippen LogP) is 7.11. The maximum absolute atomic E-state index is 14.1. The summed E-state index contributed by atoms with van der Waals surface area (Å²) in [6.07, 6.45) is 4.12. The van der Waals surface area contributed by atoms with E-state index < -0.39 is 0 Å². The second-order valence-electron chi connectivity index (χ2n) is 8.30. The van der Waals surface area contributed by atoms with E-state index in [9.17, 15) is 9.18 Å². The highest BCUT2D eigenvalue weighted by molar-refractivity contribution is 14.1. The lowest BCUT2D eigenvalue weighted by Crippen LogP contribution is -2.22. The van der Waals surface area contributed by atoms with Crippen LogP contribution in [0.2, 0.25) is 0 Å². The van der Waals surface area contributed by atoms with Gasteiger partial charge < -0.3 is 9.47 Å². The van der Waals surface area contributed by atoms with Crippen molar-refractivity contribution in [3.05, 3.63) is 95.8 Å². The minimum atomic E-state index is -0.320. The molecule has 0 N–H and O–H groups in total. The molecule has 0 fully saturated rings. The van der Waals surface area contributed by atoms with E-state index in [1.807, 2.05) is 25.1 Å². The summed E-state index contributed by atoms with van der Waals surface area (Å²) in [6, 6.07) is 15.7. The van der Waals surface area contributed by atoms with Gasteiger partial charge >= 0.3 is 0 Å². The molecule has 37 heavy (non-hydrogen) atoms. The second-order valence-corrected chi connectivity index (χ2v) is 10.4. The van der Waals surface area contributed by atoms with Crippen LogP contribution in [0, 0.1) is 9.39 Å². The van der Waals surface area contributed by atoms with Gasteiger partial charge in [0.2, 0.25) is 0 Å². The maximum atomic E-state index is 14.1. The summed E-state index contributed by atoms with van der Waals surface area (Å²) in [7, 11) is 0. The fourth-order valence-corrected chi connectivity index (χ4v) is 4.91. The smallest absolute Gasteiger partial charge is 0.282 e. The van der Waals surface area contributed by atoms with E-state index in [0.29, 0.717) is 46.8 Å². The van der Waals surface area contributed by atoms with Gasteiger partial charge in [-0.1, -0.05) is 47.5 Å². The van der Waals surface area contributed by atoms with Crippen molar-refractivity contribution in [3.8, 4) is 11.5 Å². The van der Waals surface area contributed by atoms with Crippen LogP contribution in [0.25, 0.3) is 10.9 Å². The Morgan fingerprint density at radius 1 is 1.14 bits per heavy atom. The van der Waals surface area contributed by atoms with Gasteiger partial charge in [0, 0.05) is 16.5 Å². The zero-order valence-electron chi connectivity index (χ0n) is 20.5. The summed E-state index contributed by atoms with van der Waals surface area (Å²) < 4.78 is 28.8. The number of hydrogen-bond donors (Lipinski definition) is 0. The Balaban J connectivity index is 1.70. The van der Waals surface area contributed by atoms with Gasteiger partial charge in [0.25, 0.3) is 5.56 Å². The number of aromatic nitrogens is 2. The molecule has 0 aliphatic heterocycles. The highest BCUT2D eigenvalue weighted by Crippen LogP contribution is 2.34. The molecule has 0 bridgehead atoms. The van der Waals surface area contributed by atoms with E-state index in [-0.39, 0.29) is 18.0 Å². The van der Waals surface area contributed by atoms with Gasteiger partial charge in [0.05, 0.1) is 27.3 Å². The highest BCUT2D eigenvalue weighted by atomic mass is 127. The number of aryl methyl sites for hydroxylation is 1. The molecule has 0 aliphatic rings. The lowest BCUT2D eigenvalue weighted by atomic mass is 10.2. The second kappa shape index (κ2) is 12.6. The first-order valence-electron chi connectivity index (χ1n) is 12.0. The van der Waals surface area contributed by atoms with Crippen LogP contribution in [-0.2, 0) is 13.0 Å². The highest BCUT2D eigenvalue weighted by Gasteiger charge is 2.14. The van der Waals surface area contributed by atoms with Gasteiger partial charge in [-0.25, -0.2) is 9.37 Å². The minimum Gasteiger partial charge on any atom is -0.490 e. The number of ether oxygens (including phenoxy) is 2. The van der Waals surface area contributed by atoms with Crippen molar-refractivity contribution in [2.45, 2.75) is 39.7 Å². The average Bonchev–Trinajstić information content (AvgIpc) is 2.88. The number of benzene rings is 3. The molecular weight excluding hydrogens is 652 g/mol. The molecule has 4 aromatic rings. The van der Waals surface area contributed by atoms with Crippen molar-refractivity contribution in [2.75, 3.05) is 6.61 Å². The first-order chi connectivity index (χ1) is 17.9. The lowest BCUT2D eigenvalue weighted by Gasteiger charge is -2.15. The first-order valence-corrected chi connectivity index (χ1v) is 13.9. The van der Waals surface area contributed by atoms with Gasteiger partial charge in [0.15, 0.2) is 11.5 Å². The Kier molecular flexibility index (Phi) is 9.31. The molecular formula is C28H26BrFIN3O3. The molecule has 6 nitrogen and oxygen atoms in total. The van der Waals surface area contributed by atoms with Crippen molar-refractivity contribution >= 4 is 55.6 Å². The van der Waals surface area contributed by atoms with Crippen LogP contribution in [0.1, 0.15) is 43.6 Å². The normalized spacial score (nSPS) is 11.4. The summed E-state index contributed by atoms with van der Waals surface area (Å²) in [5.74, 6) is 1.34. The van der Waals surface area contributed by atoms with Crippen LogP contribution >= 0.6 is 38.5 Å². The lowest BCUT2D eigenvalue weighted by molar-refractivity contribution is 0.264. The third-order valence-corrected chi connectivity index (χ3v) is 6.91. The number of hydrogen-bond acceptors (Lipinski definition) is 5. The minimum absolute atomic E-state index is 0.0741. The molecule has 0 aliphatic carbocycles. The van der Waals surface area contributed by atoms with Crippen LogP contribution in [-0.4, -0.2) is 22.5 Å². The number of halogens is 3. The molecule has 1 aromatic heterocycles. The Hall–Kier alpha value is -2.79. The number of rotatable bonds is 10. The van der Waals surface area contributed by atoms with E-state index in [2.05, 4.69) is 50.5 Å². The van der Waals surface area contributed by atoms with E-state index >= 15 is 0 Å². The molecule has 0 radical (unpaired) electrons. The van der Waals surface area contributed by atoms with Crippen molar-refractivity contribution in [1.29, 1.82) is 0 Å². The number of unbranched alkanes of at least 4 members (excludes halogenated alkanes) is 1. The van der Waals surface area contributed by atoms with E-state index in [1.54, 1.807) is 36.5 Å². The van der Waals surface area contributed by atoms with Gasteiger partial charge in [-0.2, -0.15) is 9.78 Å². The maximum Gasteiger partial charge on any atom is 0.282 e. The van der Waals surface area contributed by atoms with E-state index in [4.69, 9.17) is 14.5 Å². The van der Waals surface area contributed by atoms with Gasteiger partial charge in [-0.05, 0) is 77.9 Å². The molecule has 3 aromatic carbocycles. The molecule has 1 heterocycles. The molecule has 0 atom stereocenters. The fraction of sp³-hybridized carbons (Fsp3) is 0.250. The zero-order valence-corrected chi connectivity index (χ0v) is 24.3. The first kappa shape index (κ1) is 27.3. The fourth-order valence-electron chi connectivity index (χ4n) is 3.77. The standard InChI is InChI=1S/C28H26BrFIN3O3/c1-3-5-10-26-33-24-12-11-20(29)15-21(24)28(35)34(26)32-16-18-13-23(31)27(25(14-18)36-4-2)37-17-19-8-6-7-9-22(19)30/h6-9,11-16H,3-5,10,17H2,1-2H3. The van der Waals surface area contributed by atoms with Crippen LogP contribution in [0.4, 0.5) is 4.39 Å². The van der Waals surface area contributed by atoms with Crippen LogP contribution in [0.5, 0.6) is 11.5 Å². The molecule has 0 unspecified atom stereocenters. The Morgan fingerprint density at radius 3 is 2.70 bits per heavy atom. The summed E-state index contributed by atoms with van der Waals surface area (Å²) >= 11 is 5.59. The van der Waals surface area contributed by atoms with Crippen LogP contribution in [0.15, 0.2) is 69.0 Å². The Labute approximate surface area is 236 Å². The van der Waals surface area contributed by atoms with Crippen molar-refractivity contribution in [2.24, 2.45) is 5.10 Å². The third kappa shape index (κ3) is 6.56. The van der Waals surface area contributed by atoms with Gasteiger partial charge in [0.1, 0.15) is 18.2 Å². The summed E-state index contributed by atoms with van der Waals surface area (Å²) in [5, 5.41) is 5.03. The zero-order chi connectivity index (χ0) is 26.4. The third-order valence-electron chi connectivity index (χ3n) is 5.61.